The number of phenolic OH excluding ortho intramolecular Hbond substituents is 1. The van der Waals surface area contributed by atoms with Gasteiger partial charge in [-0.15, -0.1) is 0 Å². The maximum atomic E-state index is 12.4. The normalized spacial score (nSPS) is 10.7. The molecule has 0 aromatic heterocycles. The van der Waals surface area contributed by atoms with Crippen LogP contribution in [0.1, 0.15) is 31.8 Å². The minimum Gasteiger partial charge on any atom is -0.508 e. The molecule has 0 aliphatic carbocycles. The molecule has 25 heavy (non-hydrogen) atoms. The monoisotopic (exact) mass is 328 g/mol. The number of ketones is 2. The van der Waals surface area contributed by atoms with Gasteiger partial charge in [-0.25, -0.2) is 0 Å². The Morgan fingerprint density at radius 2 is 1.24 bits per heavy atom. The number of carbonyl (C=O) groups is 2. The summed E-state index contributed by atoms with van der Waals surface area (Å²) in [6.07, 6.45) is 3.25. The van der Waals surface area contributed by atoms with Gasteiger partial charge in [0.1, 0.15) is 5.75 Å². The Morgan fingerprint density at radius 3 is 1.84 bits per heavy atom. The third-order valence-corrected chi connectivity index (χ3v) is 3.79. The van der Waals surface area contributed by atoms with Crippen molar-refractivity contribution in [3.8, 4) is 5.75 Å². The quantitative estimate of drug-likeness (QED) is 0.553. The number of aromatic hydroxyl groups is 1. The number of carbonyl (C=O) groups excluding carboxylic acids is 2. The molecule has 0 aliphatic rings. The van der Waals surface area contributed by atoms with E-state index in [9.17, 15) is 14.7 Å². The smallest absolute Gasteiger partial charge is 0.193 e. The molecule has 0 fully saturated rings. The predicted octanol–water partition coefficient (Wildman–Crippen LogP) is 4.52. The average molecular weight is 328 g/mol. The topological polar surface area (TPSA) is 54.4 Å². The van der Waals surface area contributed by atoms with Crippen LogP contribution in [0.4, 0.5) is 0 Å². The Balaban J connectivity index is 1.72. The molecule has 0 saturated carbocycles. The van der Waals surface area contributed by atoms with E-state index < -0.39 is 0 Å². The predicted molar refractivity (Wildman–Crippen MR) is 97.8 cm³/mol. The van der Waals surface area contributed by atoms with E-state index in [4.69, 9.17) is 0 Å². The van der Waals surface area contributed by atoms with Crippen LogP contribution in [0.2, 0.25) is 0 Å². The summed E-state index contributed by atoms with van der Waals surface area (Å²) in [5, 5.41) is 9.29. The van der Waals surface area contributed by atoms with Gasteiger partial charge in [0.15, 0.2) is 11.6 Å². The highest BCUT2D eigenvalue weighted by Crippen LogP contribution is 2.15. The molecule has 0 bridgehead atoms. The Morgan fingerprint density at radius 1 is 0.680 bits per heavy atom. The van der Waals surface area contributed by atoms with E-state index in [0.717, 1.165) is 5.56 Å². The summed E-state index contributed by atoms with van der Waals surface area (Å²) < 4.78 is 0. The van der Waals surface area contributed by atoms with E-state index in [-0.39, 0.29) is 17.3 Å². The molecule has 0 heterocycles. The van der Waals surface area contributed by atoms with Crippen molar-refractivity contribution in [3.63, 3.8) is 0 Å². The lowest BCUT2D eigenvalue weighted by atomic mass is 10.0. The van der Waals surface area contributed by atoms with Crippen LogP contribution in [0.25, 0.3) is 6.08 Å². The first-order chi connectivity index (χ1) is 12.1. The zero-order valence-corrected chi connectivity index (χ0v) is 13.4. The van der Waals surface area contributed by atoms with Crippen LogP contribution in [0.5, 0.6) is 5.75 Å². The molecular weight excluding hydrogens is 312 g/mol. The lowest BCUT2D eigenvalue weighted by Crippen LogP contribution is -2.00. The zero-order chi connectivity index (χ0) is 17.6. The first-order valence-electron chi connectivity index (χ1n) is 7.85. The minimum atomic E-state index is -0.115. The molecule has 3 rings (SSSR count). The van der Waals surface area contributed by atoms with Crippen molar-refractivity contribution in [1.29, 1.82) is 0 Å². The molecule has 0 amide bonds. The molecule has 0 saturated heterocycles. The number of rotatable bonds is 5. The summed E-state index contributed by atoms with van der Waals surface area (Å²) in [4.78, 5) is 24.4. The van der Waals surface area contributed by atoms with E-state index in [1.54, 1.807) is 54.6 Å². The number of phenols is 1. The largest absolute Gasteiger partial charge is 0.508 e. The van der Waals surface area contributed by atoms with Gasteiger partial charge in [-0.3, -0.25) is 9.59 Å². The van der Waals surface area contributed by atoms with Crippen molar-refractivity contribution in [3.05, 3.63) is 107 Å². The molecule has 0 unspecified atom stereocenters. The lowest BCUT2D eigenvalue weighted by molar-refractivity contribution is 0.103. The van der Waals surface area contributed by atoms with Crippen LogP contribution in [-0.2, 0) is 0 Å². The molecule has 0 radical (unpaired) electrons. The van der Waals surface area contributed by atoms with Gasteiger partial charge >= 0.3 is 0 Å². The van der Waals surface area contributed by atoms with Crippen LogP contribution in [0, 0.1) is 0 Å². The fourth-order valence-electron chi connectivity index (χ4n) is 2.40. The van der Waals surface area contributed by atoms with Crippen molar-refractivity contribution >= 4 is 17.6 Å². The number of hydrogen-bond acceptors (Lipinski definition) is 3. The summed E-state index contributed by atoms with van der Waals surface area (Å²) in [5.74, 6) is -0.0548. The molecule has 3 heteroatoms. The average Bonchev–Trinajstić information content (AvgIpc) is 2.67. The van der Waals surface area contributed by atoms with Gasteiger partial charge in [0.25, 0.3) is 0 Å². The van der Waals surface area contributed by atoms with E-state index in [2.05, 4.69) is 0 Å². The standard InChI is InChI=1S/C22H16O3/c23-20-13-11-19(12-14-20)22(25)18-9-6-16(7-10-18)8-15-21(24)17-4-2-1-3-5-17/h1-15,23H. The molecule has 0 spiro atoms. The van der Waals surface area contributed by atoms with Crippen molar-refractivity contribution < 1.29 is 14.7 Å². The lowest BCUT2D eigenvalue weighted by Gasteiger charge is -2.02. The number of benzene rings is 3. The highest BCUT2D eigenvalue weighted by atomic mass is 16.3. The van der Waals surface area contributed by atoms with E-state index in [0.29, 0.717) is 16.7 Å². The minimum absolute atomic E-state index is 0.0650. The van der Waals surface area contributed by atoms with E-state index >= 15 is 0 Å². The molecule has 0 aliphatic heterocycles. The highest BCUT2D eigenvalue weighted by Gasteiger charge is 2.08. The number of hydrogen-bond donors (Lipinski definition) is 1. The molecule has 122 valence electrons. The Bertz CT molecular complexity index is 906. The van der Waals surface area contributed by atoms with Crippen LogP contribution in [0.15, 0.2) is 84.9 Å². The van der Waals surface area contributed by atoms with Gasteiger partial charge in [-0.2, -0.15) is 0 Å². The molecule has 3 nitrogen and oxygen atoms in total. The van der Waals surface area contributed by atoms with Gasteiger partial charge in [-0.1, -0.05) is 60.7 Å². The van der Waals surface area contributed by atoms with Crippen LogP contribution in [0.3, 0.4) is 0 Å². The molecular formula is C22H16O3. The fourth-order valence-corrected chi connectivity index (χ4v) is 2.40. The molecule has 0 atom stereocenters. The van der Waals surface area contributed by atoms with Gasteiger partial charge < -0.3 is 5.11 Å². The van der Waals surface area contributed by atoms with Crippen LogP contribution >= 0.6 is 0 Å². The fraction of sp³-hybridized carbons (Fsp3) is 0. The first kappa shape index (κ1) is 16.4. The zero-order valence-electron chi connectivity index (χ0n) is 13.4. The SMILES string of the molecule is O=C(C=Cc1ccc(C(=O)c2ccc(O)cc2)cc1)c1ccccc1. The molecule has 3 aromatic carbocycles. The van der Waals surface area contributed by atoms with Crippen molar-refractivity contribution in [2.75, 3.05) is 0 Å². The summed E-state index contributed by atoms with van der Waals surface area (Å²) in [6, 6.07) is 22.2. The van der Waals surface area contributed by atoms with Gasteiger partial charge in [0.05, 0.1) is 0 Å². The summed E-state index contributed by atoms with van der Waals surface area (Å²) in [5.41, 5.74) is 2.54. The van der Waals surface area contributed by atoms with Crippen molar-refractivity contribution in [2.24, 2.45) is 0 Å². The molecule has 1 N–H and O–H groups in total. The Kier molecular flexibility index (Phi) is 4.86. The van der Waals surface area contributed by atoms with E-state index in [1.165, 1.54) is 18.2 Å². The maximum Gasteiger partial charge on any atom is 0.193 e. The molecule has 3 aromatic rings. The second kappa shape index (κ2) is 7.41. The highest BCUT2D eigenvalue weighted by molar-refractivity contribution is 6.09. The van der Waals surface area contributed by atoms with E-state index in [1.807, 2.05) is 18.2 Å². The van der Waals surface area contributed by atoms with Gasteiger partial charge in [0, 0.05) is 16.7 Å². The first-order valence-corrected chi connectivity index (χ1v) is 7.85. The van der Waals surface area contributed by atoms with Crippen LogP contribution in [-0.4, -0.2) is 16.7 Å². The van der Waals surface area contributed by atoms with Gasteiger partial charge in [0.2, 0.25) is 0 Å². The van der Waals surface area contributed by atoms with Crippen molar-refractivity contribution in [1.82, 2.24) is 0 Å². The third-order valence-electron chi connectivity index (χ3n) is 3.79. The third kappa shape index (κ3) is 4.09. The summed E-state index contributed by atoms with van der Waals surface area (Å²) >= 11 is 0. The van der Waals surface area contributed by atoms with Crippen molar-refractivity contribution in [2.45, 2.75) is 0 Å². The maximum absolute atomic E-state index is 12.4. The second-order valence-electron chi connectivity index (χ2n) is 5.56. The summed E-state index contributed by atoms with van der Waals surface area (Å²) in [7, 11) is 0. The van der Waals surface area contributed by atoms with Crippen LogP contribution < -0.4 is 0 Å². The number of allylic oxidation sites excluding steroid dienone is 1. The second-order valence-corrected chi connectivity index (χ2v) is 5.56. The van der Waals surface area contributed by atoms with Gasteiger partial charge in [-0.05, 0) is 35.9 Å². The summed E-state index contributed by atoms with van der Waals surface area (Å²) in [6.45, 7) is 0. The Hall–Kier alpha value is -3.46. The Labute approximate surface area is 145 Å².